The van der Waals surface area contributed by atoms with Crippen LogP contribution in [0.25, 0.3) is 0 Å². The molecule has 382 valence electrons. The van der Waals surface area contributed by atoms with Gasteiger partial charge in [0.2, 0.25) is 11.7 Å². The van der Waals surface area contributed by atoms with E-state index >= 15 is 0 Å². The summed E-state index contributed by atoms with van der Waals surface area (Å²) in [6.45, 7) is 12.6. The van der Waals surface area contributed by atoms with Crippen molar-refractivity contribution in [2.75, 3.05) is 46.8 Å². The van der Waals surface area contributed by atoms with Gasteiger partial charge in [0.1, 0.15) is 11.5 Å². The minimum absolute atomic E-state index is 0. The van der Waals surface area contributed by atoms with Crippen LogP contribution >= 0.6 is 35.1 Å². The minimum atomic E-state index is -4.02. The van der Waals surface area contributed by atoms with Crippen molar-refractivity contribution in [3.05, 3.63) is 78.7 Å². The van der Waals surface area contributed by atoms with Crippen molar-refractivity contribution in [1.29, 1.82) is 0 Å². The third kappa shape index (κ3) is 14.2. The quantitative estimate of drug-likeness (QED) is 0.0476. The predicted molar refractivity (Wildman–Crippen MR) is 276 cm³/mol. The van der Waals surface area contributed by atoms with Gasteiger partial charge in [-0.2, -0.15) is 8.42 Å². The van der Waals surface area contributed by atoms with Crippen molar-refractivity contribution in [3.8, 4) is 11.5 Å². The molecule has 6 rings (SSSR count). The first kappa shape index (κ1) is 57.7. The number of benzene rings is 2. The monoisotopic (exact) mass is 1060 g/mol. The average molecular weight is 1060 g/mol. The fourth-order valence-corrected chi connectivity index (χ4v) is 13.0. The van der Waals surface area contributed by atoms with Crippen LogP contribution in [0, 0.1) is 53.4 Å². The van der Waals surface area contributed by atoms with Gasteiger partial charge >= 0.3 is 156 Å². The van der Waals surface area contributed by atoms with Crippen LogP contribution in [0.1, 0.15) is 91.5 Å². The number of piperidine rings is 2. The molecule has 0 amide bonds. The summed E-state index contributed by atoms with van der Waals surface area (Å²) in [6, 6.07) is 2.29. The molecule has 4 heterocycles. The number of halogens is 1. The van der Waals surface area contributed by atoms with E-state index in [4.69, 9.17) is 26.7 Å². The summed E-state index contributed by atoms with van der Waals surface area (Å²) in [7, 11) is -4.18. The Bertz CT molecular complexity index is 2750. The number of methoxy groups -OCH3 is 2. The Morgan fingerprint density at radius 3 is 1.50 bits per heavy atom. The van der Waals surface area contributed by atoms with Gasteiger partial charge in [-0.05, 0) is 112 Å². The van der Waals surface area contributed by atoms with Crippen LogP contribution in [-0.4, -0.2) is 126 Å². The van der Waals surface area contributed by atoms with Gasteiger partial charge in [0.25, 0.3) is 10.0 Å². The van der Waals surface area contributed by atoms with Crippen molar-refractivity contribution >= 4 is 85.8 Å². The number of rotatable bonds is 17. The third-order valence-corrected chi connectivity index (χ3v) is 17.5. The van der Waals surface area contributed by atoms with Crippen molar-refractivity contribution in [1.82, 2.24) is 25.1 Å². The molecule has 0 aliphatic carbocycles. The number of likely N-dealkylation sites (tertiary alicyclic amines) is 2. The number of hydrogen-bond acceptors (Lipinski definition) is 15. The van der Waals surface area contributed by atoms with Gasteiger partial charge in [-0.15, -0.1) is 28.1 Å². The summed E-state index contributed by atoms with van der Waals surface area (Å²) >= 11 is 2.56. The number of aryl methyl sites for hydroxylation is 2. The standard InChI is InChI=1S/C23H32BN5O5S2.C22H31N5O4S2.ClH/c1-14-11-19(34-4)15(2)16(3)21(14)36(32,33)28-23(25)29-8-5-17(6-9-29)12-18(27-13-24-31)20(30)22-26-7-10-35-22;1-13-11-18(31-4)14(2)15(3)20(13)33(29,30)26-22(24)27-8-5-16(6-9-27)12-17(23)19(28)21-25-7-10-32-21;/h7,10-11,17-18,27H,5-6,8-9,12-13H2,1-4H3,(H2,25,28);7,10-11,16-17H,5-6,8-9,12,23H2,1-4H3,(H2,24,26);1H. The summed E-state index contributed by atoms with van der Waals surface area (Å²) in [6.07, 6.45) is 7.28. The number of ether oxygens (including phenoxy) is 2. The fourth-order valence-electron chi connectivity index (χ4n) is 8.78. The first-order valence-electron chi connectivity index (χ1n) is 22.4. The van der Waals surface area contributed by atoms with Crippen LogP contribution in [0.5, 0.6) is 11.5 Å². The molecule has 0 spiro atoms. The summed E-state index contributed by atoms with van der Waals surface area (Å²) < 4.78 is 81.9. The second-order valence-corrected chi connectivity index (χ2v) is 22.1. The topological polar surface area (TPSA) is 285 Å². The van der Waals surface area contributed by atoms with E-state index in [9.17, 15) is 31.1 Å². The largest absolute Gasteiger partial charge is 0.147 e. The Morgan fingerprint density at radius 2 is 1.13 bits per heavy atom. The molecule has 2 aliphatic rings. The Labute approximate surface area is 425 Å². The number of carbonyl (C=O) groups is 2. The van der Waals surface area contributed by atoms with Gasteiger partial charge < -0.3 is 25.8 Å². The molecular formula is C45H64BClN10O9S4. The molecule has 7 N–H and O–H groups in total. The fraction of sp³-hybridized carbons (Fsp3) is 0.511. The zero-order valence-corrected chi connectivity index (χ0v) is 44.8. The normalized spacial score (nSPS) is 16.1. The maximum Gasteiger partial charge on any atom is -0.00471 e. The summed E-state index contributed by atoms with van der Waals surface area (Å²) in [4.78, 5) is 37.1. The third-order valence-electron chi connectivity index (χ3n) is 12.8. The predicted octanol–water partition coefficient (Wildman–Crippen LogP) is 4.85. The molecule has 19 nitrogen and oxygen atoms in total. The van der Waals surface area contributed by atoms with Crippen LogP contribution < -0.4 is 32.0 Å². The first-order chi connectivity index (χ1) is 32.6. The van der Waals surface area contributed by atoms with Crippen molar-refractivity contribution in [3.63, 3.8) is 0 Å². The number of nitrogens with two attached hydrogens (primary N) is 3. The van der Waals surface area contributed by atoms with Gasteiger partial charge in [0.05, 0.1) is 25.2 Å². The maximum absolute atomic E-state index is 13.2. The van der Waals surface area contributed by atoms with E-state index in [-0.39, 0.29) is 64.0 Å². The minimum Gasteiger partial charge on any atom is -0.147 e. The van der Waals surface area contributed by atoms with Crippen LogP contribution in [0.2, 0.25) is 0 Å². The van der Waals surface area contributed by atoms with Gasteiger partial charge in [-0.3, -0.25) is 4.79 Å². The number of hydrogen-bond donors (Lipinski definition) is 4. The number of thiazole rings is 2. The molecule has 2 saturated heterocycles. The van der Waals surface area contributed by atoms with Gasteiger partial charge in [-0.25, -0.2) is 4.98 Å². The van der Waals surface area contributed by atoms with Crippen LogP contribution in [0.4, 0.5) is 0 Å². The molecule has 2 aromatic carbocycles. The van der Waals surface area contributed by atoms with E-state index in [1.807, 2.05) is 6.92 Å². The number of nitrogens with zero attached hydrogens (tertiary/aromatic N) is 6. The number of nitrogens with one attached hydrogen (secondary N) is 1. The van der Waals surface area contributed by atoms with Gasteiger partial charge in [0.15, 0.2) is 5.01 Å². The number of Topliss-reactive ketones (excluding diaryl/α,β-unsaturated/α-hetero) is 2. The van der Waals surface area contributed by atoms with Crippen molar-refractivity contribution in [2.24, 2.45) is 37.8 Å². The molecule has 2 fully saturated rings. The molecule has 2 aliphatic heterocycles. The molecule has 70 heavy (non-hydrogen) atoms. The van der Waals surface area contributed by atoms with Crippen LogP contribution in [0.15, 0.2) is 53.9 Å². The average Bonchev–Trinajstić information content (AvgIpc) is 4.06. The van der Waals surface area contributed by atoms with Gasteiger partial charge in [0, 0.05) is 24.7 Å². The molecule has 25 heteroatoms. The summed E-state index contributed by atoms with van der Waals surface area (Å²) in [5.74, 6) is 1.37. The second kappa shape index (κ2) is 25.5. The van der Waals surface area contributed by atoms with E-state index < -0.39 is 32.1 Å². The van der Waals surface area contributed by atoms with E-state index in [1.165, 1.54) is 22.7 Å². The first-order valence-corrected chi connectivity index (χ1v) is 27.1. The number of aromatic nitrogens is 2. The Balaban J connectivity index is 0.000000301. The van der Waals surface area contributed by atoms with Crippen molar-refractivity contribution in [2.45, 2.75) is 102 Å². The zero-order chi connectivity index (χ0) is 50.8. The van der Waals surface area contributed by atoms with Gasteiger partial charge in [-0.1, -0.05) is 0 Å². The Morgan fingerprint density at radius 1 is 0.729 bits per heavy atom. The maximum atomic E-state index is 13.2. The molecule has 2 atom stereocenters. The molecule has 4 aromatic rings. The smallest absolute Gasteiger partial charge is 0.00471 e. The van der Waals surface area contributed by atoms with Crippen LogP contribution in [0.3, 0.4) is 0 Å². The molecule has 0 bridgehead atoms. The number of ketones is 2. The number of sulfonamides is 2. The summed E-state index contributed by atoms with van der Waals surface area (Å²) in [5, 5.41) is 7.35. The SMILES string of the molecule is COc1cc(C)c(S(=O)(=O)N=C(N)N2CCC(CC(N)C(=O)c3nccs3)CC2)c(C)c1C.COc1cc(C)c(S(=O)(=O)N=C(N)N2CCC(CC(NCB=O)C(=O)c3nccs3)CC2)c(C)c1C.Cl. The summed E-state index contributed by atoms with van der Waals surface area (Å²) in [5.41, 5.74) is 22.1. The molecule has 2 aromatic heterocycles. The number of carbonyl (C=O) groups excluding carboxylic acids is 2. The van der Waals surface area contributed by atoms with E-state index in [0.29, 0.717) is 95.6 Å². The second-order valence-electron chi connectivity index (χ2n) is 17.3. The van der Waals surface area contributed by atoms with Crippen LogP contribution in [-0.2, 0) is 24.8 Å². The Kier molecular flexibility index (Phi) is 21.0. The number of guanidine groups is 2. The molecular weight excluding hydrogens is 999 g/mol. The molecule has 0 radical (unpaired) electrons. The molecule has 2 unspecified atom stereocenters. The van der Waals surface area contributed by atoms with Crippen molar-refractivity contribution < 1.29 is 40.6 Å². The zero-order valence-electron chi connectivity index (χ0n) is 40.8. The van der Waals surface area contributed by atoms with E-state index in [2.05, 4.69) is 24.1 Å². The molecule has 0 saturated carbocycles. The Hall–Kier alpha value is -4.85. The van der Waals surface area contributed by atoms with E-state index in [1.54, 1.807) is 93.9 Å². The van der Waals surface area contributed by atoms with E-state index in [0.717, 1.165) is 31.1 Å².